The van der Waals surface area contributed by atoms with Gasteiger partial charge in [0.1, 0.15) is 0 Å². The molecule has 0 spiro atoms. The maximum atomic E-state index is 13.3. The number of hydrogen-bond donors (Lipinski definition) is 1. The van der Waals surface area contributed by atoms with Gasteiger partial charge in [0.25, 0.3) is 5.91 Å². The summed E-state index contributed by atoms with van der Waals surface area (Å²) in [5.41, 5.74) is 1.27. The molecule has 4 nitrogen and oxygen atoms in total. The second kappa shape index (κ2) is 7.49. The van der Waals surface area contributed by atoms with Crippen LogP contribution in [0.15, 0.2) is 42.7 Å². The number of hydrogen-bond acceptors (Lipinski definition) is 3. The summed E-state index contributed by atoms with van der Waals surface area (Å²) in [6.07, 6.45) is 5.01. The minimum Gasteiger partial charge on any atom is -0.348 e. The van der Waals surface area contributed by atoms with E-state index in [1.165, 1.54) is 12.3 Å². The lowest BCUT2D eigenvalue weighted by molar-refractivity contribution is 0.0900. The van der Waals surface area contributed by atoms with E-state index in [0.29, 0.717) is 18.7 Å². The minimum atomic E-state index is -0.834. The quantitative estimate of drug-likeness (QED) is 0.937. The first-order chi connectivity index (χ1) is 11.6. The maximum absolute atomic E-state index is 13.3. The zero-order valence-corrected chi connectivity index (χ0v) is 13.2. The Morgan fingerprint density at radius 2 is 2.17 bits per heavy atom. The Morgan fingerprint density at radius 3 is 2.92 bits per heavy atom. The molecule has 1 aromatic carbocycles. The van der Waals surface area contributed by atoms with Crippen LogP contribution in [0.4, 0.5) is 8.78 Å². The highest BCUT2D eigenvalue weighted by atomic mass is 19.2. The van der Waals surface area contributed by atoms with Crippen LogP contribution in [-0.2, 0) is 6.54 Å². The van der Waals surface area contributed by atoms with Gasteiger partial charge >= 0.3 is 0 Å². The molecule has 1 atom stereocenters. The maximum Gasteiger partial charge on any atom is 0.253 e. The van der Waals surface area contributed by atoms with Gasteiger partial charge in [0, 0.05) is 31.5 Å². The molecule has 6 heteroatoms. The Bertz CT molecular complexity index is 709. The lowest BCUT2D eigenvalue weighted by Crippen LogP contribution is -2.47. The van der Waals surface area contributed by atoms with Gasteiger partial charge in [0.05, 0.1) is 5.56 Å². The summed E-state index contributed by atoms with van der Waals surface area (Å²) in [5.74, 6) is -1.80. The molecular weight excluding hydrogens is 312 g/mol. The van der Waals surface area contributed by atoms with Crippen molar-refractivity contribution in [3.63, 3.8) is 0 Å². The van der Waals surface area contributed by atoms with E-state index < -0.39 is 11.6 Å². The van der Waals surface area contributed by atoms with Crippen molar-refractivity contribution in [2.24, 2.45) is 0 Å². The third kappa shape index (κ3) is 4.14. The number of benzene rings is 1. The van der Waals surface area contributed by atoms with Crippen LogP contribution in [0.2, 0.25) is 0 Å². The van der Waals surface area contributed by atoms with Gasteiger partial charge in [-0.15, -0.1) is 0 Å². The van der Waals surface area contributed by atoms with Gasteiger partial charge in [-0.05, 0) is 49.2 Å². The molecule has 1 saturated heterocycles. The van der Waals surface area contributed by atoms with Gasteiger partial charge in [-0.2, -0.15) is 0 Å². The number of nitrogens with one attached hydrogen (secondary N) is 1. The summed E-state index contributed by atoms with van der Waals surface area (Å²) >= 11 is 0. The van der Waals surface area contributed by atoms with Crippen LogP contribution < -0.4 is 5.32 Å². The number of aromatic nitrogens is 1. The van der Waals surface area contributed by atoms with Crippen molar-refractivity contribution in [3.05, 3.63) is 65.5 Å². The predicted octanol–water partition coefficient (Wildman–Crippen LogP) is 2.75. The molecule has 1 aliphatic rings. The predicted molar refractivity (Wildman–Crippen MR) is 86.4 cm³/mol. The Morgan fingerprint density at radius 1 is 1.29 bits per heavy atom. The van der Waals surface area contributed by atoms with Crippen molar-refractivity contribution in [1.29, 1.82) is 0 Å². The first kappa shape index (κ1) is 16.5. The second-order valence-electron chi connectivity index (χ2n) is 6.04. The molecule has 1 aliphatic heterocycles. The van der Waals surface area contributed by atoms with E-state index in [1.807, 2.05) is 0 Å². The topological polar surface area (TPSA) is 45.2 Å². The van der Waals surface area contributed by atoms with E-state index in [-0.39, 0.29) is 11.9 Å². The molecule has 1 N–H and O–H groups in total. The SMILES string of the molecule is O=C(NC1CCCN(Cc2ccc(F)c(F)c2)C1)c1cccnc1. The summed E-state index contributed by atoms with van der Waals surface area (Å²) in [6.45, 7) is 2.10. The fourth-order valence-electron chi connectivity index (χ4n) is 2.98. The van der Waals surface area contributed by atoms with Crippen LogP contribution in [0, 0.1) is 11.6 Å². The van der Waals surface area contributed by atoms with Crippen LogP contribution in [0.25, 0.3) is 0 Å². The summed E-state index contributed by atoms with van der Waals surface area (Å²) in [6, 6.07) is 7.46. The number of amides is 1. The fraction of sp³-hybridized carbons (Fsp3) is 0.333. The minimum absolute atomic E-state index is 0.0387. The van der Waals surface area contributed by atoms with Gasteiger partial charge in [-0.25, -0.2) is 8.78 Å². The van der Waals surface area contributed by atoms with Crippen molar-refractivity contribution < 1.29 is 13.6 Å². The fourth-order valence-corrected chi connectivity index (χ4v) is 2.98. The average Bonchev–Trinajstić information content (AvgIpc) is 2.59. The van der Waals surface area contributed by atoms with E-state index in [0.717, 1.165) is 31.0 Å². The molecule has 3 rings (SSSR count). The van der Waals surface area contributed by atoms with Crippen molar-refractivity contribution in [1.82, 2.24) is 15.2 Å². The number of piperidine rings is 1. The number of halogens is 2. The lowest BCUT2D eigenvalue weighted by Gasteiger charge is -2.33. The van der Waals surface area contributed by atoms with Gasteiger partial charge in [-0.3, -0.25) is 14.7 Å². The van der Waals surface area contributed by atoms with Crippen LogP contribution in [0.3, 0.4) is 0 Å². The molecule has 1 unspecified atom stereocenters. The summed E-state index contributed by atoms with van der Waals surface area (Å²) in [7, 11) is 0. The first-order valence-electron chi connectivity index (χ1n) is 7.99. The average molecular weight is 331 g/mol. The Kier molecular flexibility index (Phi) is 5.15. The molecule has 0 bridgehead atoms. The normalized spacial score (nSPS) is 18.3. The molecule has 0 saturated carbocycles. The van der Waals surface area contributed by atoms with E-state index in [9.17, 15) is 13.6 Å². The summed E-state index contributed by atoms with van der Waals surface area (Å²) in [5, 5.41) is 3.02. The molecule has 24 heavy (non-hydrogen) atoms. The summed E-state index contributed by atoms with van der Waals surface area (Å²) < 4.78 is 26.3. The van der Waals surface area contributed by atoms with Crippen LogP contribution in [-0.4, -0.2) is 34.9 Å². The number of rotatable bonds is 4. The van der Waals surface area contributed by atoms with Gasteiger partial charge < -0.3 is 5.32 Å². The molecule has 0 aliphatic carbocycles. The molecule has 2 aromatic rings. The number of carbonyl (C=O) groups is 1. The number of carbonyl (C=O) groups excluding carboxylic acids is 1. The van der Waals surface area contributed by atoms with E-state index in [2.05, 4.69) is 15.2 Å². The highest BCUT2D eigenvalue weighted by Gasteiger charge is 2.22. The van der Waals surface area contributed by atoms with Crippen molar-refractivity contribution in [2.45, 2.75) is 25.4 Å². The van der Waals surface area contributed by atoms with Crippen LogP contribution >= 0.6 is 0 Å². The molecule has 1 amide bonds. The molecule has 1 aromatic heterocycles. The van der Waals surface area contributed by atoms with Crippen molar-refractivity contribution >= 4 is 5.91 Å². The number of likely N-dealkylation sites (tertiary alicyclic amines) is 1. The zero-order valence-electron chi connectivity index (χ0n) is 13.2. The highest BCUT2D eigenvalue weighted by Crippen LogP contribution is 2.16. The largest absolute Gasteiger partial charge is 0.348 e. The molecule has 126 valence electrons. The molecule has 2 heterocycles. The van der Waals surface area contributed by atoms with E-state index >= 15 is 0 Å². The first-order valence-corrected chi connectivity index (χ1v) is 7.99. The van der Waals surface area contributed by atoms with E-state index in [1.54, 1.807) is 24.4 Å². The number of nitrogens with zero attached hydrogens (tertiary/aromatic N) is 2. The molecular formula is C18H19F2N3O. The Hall–Kier alpha value is -2.34. The van der Waals surface area contributed by atoms with Crippen LogP contribution in [0.1, 0.15) is 28.8 Å². The van der Waals surface area contributed by atoms with Crippen molar-refractivity contribution in [2.75, 3.05) is 13.1 Å². The monoisotopic (exact) mass is 331 g/mol. The molecule has 1 fully saturated rings. The third-order valence-electron chi connectivity index (χ3n) is 4.15. The Labute approximate surface area is 139 Å². The van der Waals surface area contributed by atoms with Gasteiger partial charge in [0.2, 0.25) is 0 Å². The van der Waals surface area contributed by atoms with Gasteiger partial charge in [0.15, 0.2) is 11.6 Å². The number of pyridine rings is 1. The lowest BCUT2D eigenvalue weighted by atomic mass is 10.0. The summed E-state index contributed by atoms with van der Waals surface area (Å²) in [4.78, 5) is 18.3. The van der Waals surface area contributed by atoms with Crippen LogP contribution in [0.5, 0.6) is 0 Å². The Balaban J connectivity index is 1.58. The third-order valence-corrected chi connectivity index (χ3v) is 4.15. The van der Waals surface area contributed by atoms with Gasteiger partial charge in [-0.1, -0.05) is 6.07 Å². The zero-order chi connectivity index (χ0) is 16.9. The highest BCUT2D eigenvalue weighted by molar-refractivity contribution is 5.94. The molecule has 0 radical (unpaired) electrons. The van der Waals surface area contributed by atoms with Crippen molar-refractivity contribution in [3.8, 4) is 0 Å². The smallest absolute Gasteiger partial charge is 0.253 e. The standard InChI is InChI=1S/C18H19F2N3O/c19-16-6-5-13(9-17(16)20)11-23-8-2-4-15(12-23)22-18(24)14-3-1-7-21-10-14/h1,3,5-7,9-10,15H,2,4,8,11-12H2,(H,22,24). The van der Waals surface area contributed by atoms with E-state index in [4.69, 9.17) is 0 Å². The second-order valence-corrected chi connectivity index (χ2v) is 6.04.